The van der Waals surface area contributed by atoms with Gasteiger partial charge in [-0.3, -0.25) is 9.59 Å². The fraction of sp³-hybridized carbons (Fsp3) is 0.158. The van der Waals surface area contributed by atoms with Crippen LogP contribution in [0.1, 0.15) is 22.3 Å². The van der Waals surface area contributed by atoms with E-state index in [0.29, 0.717) is 12.0 Å². The van der Waals surface area contributed by atoms with Crippen LogP contribution in [0.4, 0.5) is 10.5 Å². The Morgan fingerprint density at radius 2 is 1.67 bits per heavy atom. The molecular formula is C19H19N3O5. The maximum absolute atomic E-state index is 12.0. The highest BCUT2D eigenvalue weighted by atomic mass is 16.4. The third-order valence-electron chi connectivity index (χ3n) is 3.58. The number of aldehydes is 1. The van der Waals surface area contributed by atoms with Crippen molar-refractivity contribution in [3.05, 3.63) is 65.7 Å². The van der Waals surface area contributed by atoms with E-state index in [0.717, 1.165) is 5.56 Å². The van der Waals surface area contributed by atoms with Gasteiger partial charge in [0.25, 0.3) is 5.91 Å². The number of hydrogen-bond acceptors (Lipinski definition) is 4. The second-order valence-electron chi connectivity index (χ2n) is 5.68. The van der Waals surface area contributed by atoms with Crippen molar-refractivity contribution in [2.45, 2.75) is 19.0 Å². The summed E-state index contributed by atoms with van der Waals surface area (Å²) in [5.74, 6) is -1.72. The van der Waals surface area contributed by atoms with Gasteiger partial charge in [-0.25, -0.2) is 4.79 Å². The van der Waals surface area contributed by atoms with Crippen molar-refractivity contribution in [3.8, 4) is 0 Å². The second-order valence-corrected chi connectivity index (χ2v) is 5.68. The maximum atomic E-state index is 12.0. The molecule has 3 amide bonds. The number of carboxylic acid groups (broad SMARTS) is 1. The van der Waals surface area contributed by atoms with Crippen molar-refractivity contribution in [1.82, 2.24) is 10.6 Å². The van der Waals surface area contributed by atoms with E-state index in [2.05, 4.69) is 16.0 Å². The van der Waals surface area contributed by atoms with Crippen LogP contribution in [0.15, 0.2) is 54.6 Å². The maximum Gasteiger partial charge on any atom is 0.319 e. The summed E-state index contributed by atoms with van der Waals surface area (Å²) < 4.78 is 0. The molecule has 0 spiro atoms. The minimum absolute atomic E-state index is 0.260. The summed E-state index contributed by atoms with van der Waals surface area (Å²) in [4.78, 5) is 45.3. The second kappa shape index (κ2) is 9.71. The number of urea groups is 1. The topological polar surface area (TPSA) is 125 Å². The van der Waals surface area contributed by atoms with Gasteiger partial charge < -0.3 is 25.9 Å². The fourth-order valence-corrected chi connectivity index (χ4v) is 2.23. The third-order valence-corrected chi connectivity index (χ3v) is 3.58. The first-order chi connectivity index (χ1) is 13.0. The molecular weight excluding hydrogens is 350 g/mol. The van der Waals surface area contributed by atoms with Gasteiger partial charge in [-0.2, -0.15) is 0 Å². The summed E-state index contributed by atoms with van der Waals surface area (Å²) >= 11 is 0. The Bertz CT molecular complexity index is 806. The van der Waals surface area contributed by atoms with Gasteiger partial charge in [0.05, 0.1) is 12.5 Å². The Morgan fingerprint density at radius 3 is 2.26 bits per heavy atom. The molecule has 0 saturated carbocycles. The Morgan fingerprint density at radius 1 is 1.00 bits per heavy atom. The number of aliphatic carboxylic acids is 1. The van der Waals surface area contributed by atoms with E-state index in [1.807, 2.05) is 18.2 Å². The Labute approximate surface area is 155 Å². The smallest absolute Gasteiger partial charge is 0.319 e. The fourth-order valence-electron chi connectivity index (χ4n) is 2.23. The molecule has 0 aliphatic carbocycles. The van der Waals surface area contributed by atoms with Gasteiger partial charge in [0.1, 0.15) is 6.29 Å². The van der Waals surface area contributed by atoms with Crippen LogP contribution >= 0.6 is 0 Å². The van der Waals surface area contributed by atoms with Crippen LogP contribution in [-0.4, -0.2) is 35.3 Å². The summed E-state index contributed by atoms with van der Waals surface area (Å²) in [5.41, 5.74) is 1.73. The minimum Gasteiger partial charge on any atom is -0.481 e. The van der Waals surface area contributed by atoms with Crippen LogP contribution in [0.3, 0.4) is 0 Å². The number of carbonyl (C=O) groups excluding carboxylic acids is 3. The first kappa shape index (κ1) is 19.6. The van der Waals surface area contributed by atoms with Crippen molar-refractivity contribution in [2.24, 2.45) is 0 Å². The molecule has 0 radical (unpaired) electrons. The normalized spacial score (nSPS) is 11.1. The molecule has 0 fully saturated rings. The summed E-state index contributed by atoms with van der Waals surface area (Å²) in [6.07, 6.45) is -0.0938. The number of carboxylic acids is 1. The van der Waals surface area contributed by atoms with E-state index in [1.165, 1.54) is 12.1 Å². The molecule has 0 aliphatic heterocycles. The molecule has 140 valence electrons. The van der Waals surface area contributed by atoms with Crippen LogP contribution in [0.5, 0.6) is 0 Å². The molecule has 8 nitrogen and oxygen atoms in total. The minimum atomic E-state index is -1.18. The molecule has 0 aromatic heterocycles. The van der Waals surface area contributed by atoms with E-state index in [1.54, 1.807) is 24.3 Å². The highest BCUT2D eigenvalue weighted by molar-refractivity contribution is 5.96. The van der Waals surface area contributed by atoms with Gasteiger partial charge >= 0.3 is 12.0 Å². The van der Waals surface area contributed by atoms with E-state index < -0.39 is 24.3 Å². The van der Waals surface area contributed by atoms with Gasteiger partial charge in [0, 0.05) is 17.8 Å². The number of anilines is 1. The standard InChI is InChI=1S/C19H19N3O5/c23-12-16(10-17(24)25)21-18(26)14-8-6-13(7-9-14)11-20-19(27)22-15-4-2-1-3-5-15/h1-9,12,16H,10-11H2,(H,21,26)(H,24,25)(H2,20,22,27)/t16-/m0/s1. The molecule has 0 unspecified atom stereocenters. The number of benzene rings is 2. The predicted octanol–water partition coefficient (Wildman–Crippen LogP) is 1.78. The average Bonchev–Trinajstić information content (AvgIpc) is 2.66. The van der Waals surface area contributed by atoms with Gasteiger partial charge in [-0.05, 0) is 29.8 Å². The lowest BCUT2D eigenvalue weighted by molar-refractivity contribution is -0.138. The summed E-state index contributed by atoms with van der Waals surface area (Å²) in [6.45, 7) is 0.260. The van der Waals surface area contributed by atoms with Gasteiger partial charge in [-0.1, -0.05) is 30.3 Å². The molecule has 0 bridgehead atoms. The molecule has 0 aliphatic rings. The molecule has 2 aromatic carbocycles. The number of nitrogens with one attached hydrogen (secondary N) is 3. The van der Waals surface area contributed by atoms with Crippen LogP contribution in [-0.2, 0) is 16.1 Å². The van der Waals surface area contributed by atoms with Crippen LogP contribution < -0.4 is 16.0 Å². The summed E-state index contributed by atoms with van der Waals surface area (Å²) in [5, 5.41) is 16.4. The van der Waals surface area contributed by atoms with Crippen LogP contribution in [0.2, 0.25) is 0 Å². The summed E-state index contributed by atoms with van der Waals surface area (Å²) in [6, 6.07) is 13.9. The quantitative estimate of drug-likeness (QED) is 0.528. The highest BCUT2D eigenvalue weighted by Crippen LogP contribution is 2.07. The lowest BCUT2D eigenvalue weighted by Gasteiger charge is -2.11. The van der Waals surface area contributed by atoms with Gasteiger partial charge in [-0.15, -0.1) is 0 Å². The molecule has 1 atom stereocenters. The zero-order valence-electron chi connectivity index (χ0n) is 14.3. The summed E-state index contributed by atoms with van der Waals surface area (Å²) in [7, 11) is 0. The Hall–Kier alpha value is -3.68. The number of hydrogen-bond donors (Lipinski definition) is 4. The van der Waals surface area contributed by atoms with E-state index in [-0.39, 0.29) is 18.1 Å². The highest BCUT2D eigenvalue weighted by Gasteiger charge is 2.16. The van der Waals surface area contributed by atoms with Crippen molar-refractivity contribution in [3.63, 3.8) is 0 Å². The largest absolute Gasteiger partial charge is 0.481 e. The average molecular weight is 369 g/mol. The zero-order valence-corrected chi connectivity index (χ0v) is 14.3. The predicted molar refractivity (Wildman–Crippen MR) is 98.3 cm³/mol. The molecule has 4 N–H and O–H groups in total. The van der Waals surface area contributed by atoms with Gasteiger partial charge in [0.2, 0.25) is 0 Å². The first-order valence-electron chi connectivity index (χ1n) is 8.14. The van der Waals surface area contributed by atoms with Crippen molar-refractivity contribution in [1.29, 1.82) is 0 Å². The number of carbonyl (C=O) groups is 4. The molecule has 8 heteroatoms. The Balaban J connectivity index is 1.85. The van der Waals surface area contributed by atoms with Crippen molar-refractivity contribution < 1.29 is 24.3 Å². The van der Waals surface area contributed by atoms with E-state index in [9.17, 15) is 19.2 Å². The third kappa shape index (κ3) is 6.62. The number of rotatable bonds is 8. The number of amides is 3. The zero-order chi connectivity index (χ0) is 19.6. The van der Waals surface area contributed by atoms with Crippen molar-refractivity contribution in [2.75, 3.05) is 5.32 Å². The Kier molecular flexibility index (Phi) is 7.07. The van der Waals surface area contributed by atoms with Crippen molar-refractivity contribution >= 4 is 29.9 Å². The first-order valence-corrected chi connectivity index (χ1v) is 8.14. The molecule has 2 aromatic rings. The van der Waals surface area contributed by atoms with Crippen LogP contribution in [0.25, 0.3) is 0 Å². The molecule has 2 rings (SSSR count). The van der Waals surface area contributed by atoms with E-state index >= 15 is 0 Å². The lowest BCUT2D eigenvalue weighted by Crippen LogP contribution is -2.37. The number of para-hydroxylation sites is 1. The van der Waals surface area contributed by atoms with E-state index in [4.69, 9.17) is 5.11 Å². The van der Waals surface area contributed by atoms with Gasteiger partial charge in [0.15, 0.2) is 0 Å². The molecule has 0 saturated heterocycles. The lowest BCUT2D eigenvalue weighted by atomic mass is 10.1. The monoisotopic (exact) mass is 369 g/mol. The SMILES string of the molecule is O=C[C@H](CC(=O)O)NC(=O)c1ccc(CNC(=O)Nc2ccccc2)cc1. The van der Waals surface area contributed by atoms with Crippen LogP contribution in [0, 0.1) is 0 Å². The molecule has 27 heavy (non-hydrogen) atoms. The molecule has 0 heterocycles.